The molecule has 0 radical (unpaired) electrons. The second-order valence-electron chi connectivity index (χ2n) is 6.38. The number of nitrogens with zero attached hydrogens (tertiary/aromatic N) is 2. The van der Waals surface area contributed by atoms with Gasteiger partial charge in [0.05, 0.1) is 17.4 Å². The zero-order valence-electron chi connectivity index (χ0n) is 13.8. The Morgan fingerprint density at radius 2 is 1.81 bits per heavy atom. The van der Waals surface area contributed by atoms with Gasteiger partial charge in [-0.1, -0.05) is 11.6 Å². The molecule has 1 aromatic heterocycles. The van der Waals surface area contributed by atoms with Gasteiger partial charge in [-0.3, -0.25) is 4.79 Å². The molecule has 9 heteroatoms. The van der Waals surface area contributed by atoms with Crippen LogP contribution in [0.5, 0.6) is 0 Å². The van der Waals surface area contributed by atoms with Crippen molar-refractivity contribution in [3.63, 3.8) is 0 Å². The van der Waals surface area contributed by atoms with Crippen molar-refractivity contribution in [2.24, 2.45) is 5.73 Å². The average Bonchev–Trinajstić information content (AvgIpc) is 3.03. The molecule has 1 aliphatic carbocycles. The zero-order valence-corrected chi connectivity index (χ0v) is 14.5. The molecular formula is C17H18ClF3N4O. The molecule has 1 heterocycles. The molecule has 0 unspecified atom stereocenters. The van der Waals surface area contributed by atoms with Crippen molar-refractivity contribution in [2.75, 3.05) is 0 Å². The molecule has 3 N–H and O–H groups in total. The van der Waals surface area contributed by atoms with Gasteiger partial charge in [-0.25, -0.2) is 4.68 Å². The number of halogens is 4. The monoisotopic (exact) mass is 386 g/mol. The molecule has 1 aliphatic rings. The average molecular weight is 387 g/mol. The fourth-order valence-corrected chi connectivity index (χ4v) is 3.22. The highest BCUT2D eigenvalue weighted by molar-refractivity contribution is 6.30. The maximum Gasteiger partial charge on any atom is 0.434 e. The number of nitrogens with two attached hydrogens (primary N) is 1. The number of aromatic nitrogens is 2. The van der Waals surface area contributed by atoms with E-state index in [1.165, 1.54) is 24.3 Å². The van der Waals surface area contributed by atoms with Crippen LogP contribution in [-0.2, 0) is 6.18 Å². The molecule has 1 saturated carbocycles. The minimum absolute atomic E-state index is 0.0848. The Morgan fingerprint density at radius 3 is 2.38 bits per heavy atom. The number of nitrogens with one attached hydrogen (secondary N) is 1. The van der Waals surface area contributed by atoms with Crippen molar-refractivity contribution in [2.45, 2.75) is 43.9 Å². The number of amides is 1. The number of hydrogen-bond acceptors (Lipinski definition) is 3. The van der Waals surface area contributed by atoms with E-state index in [-0.39, 0.29) is 17.8 Å². The number of rotatable bonds is 3. The van der Waals surface area contributed by atoms with Crippen LogP contribution in [0, 0.1) is 0 Å². The molecular weight excluding hydrogens is 369 g/mol. The minimum atomic E-state index is -4.74. The summed E-state index contributed by atoms with van der Waals surface area (Å²) in [6, 6.07) is 5.65. The Kier molecular flexibility index (Phi) is 5.24. The van der Waals surface area contributed by atoms with Crippen LogP contribution in [0.25, 0.3) is 5.69 Å². The van der Waals surface area contributed by atoms with E-state index in [9.17, 15) is 18.0 Å². The van der Waals surface area contributed by atoms with Gasteiger partial charge in [-0.05, 0) is 49.9 Å². The van der Waals surface area contributed by atoms with E-state index >= 15 is 0 Å². The van der Waals surface area contributed by atoms with Crippen molar-refractivity contribution in [3.05, 3.63) is 46.7 Å². The summed E-state index contributed by atoms with van der Waals surface area (Å²) in [5, 5.41) is 6.85. The molecule has 1 aromatic carbocycles. The standard InChI is InChI=1S/C17H18ClF3N4O/c18-10-1-7-13(8-2-10)25-15(17(19,20)21)14(9-23-25)16(26)24-12-5-3-11(22)4-6-12/h1-2,7-9,11-12H,3-6,22H2,(H,24,26). The first-order valence-electron chi connectivity index (χ1n) is 8.23. The van der Waals surface area contributed by atoms with Crippen molar-refractivity contribution < 1.29 is 18.0 Å². The lowest BCUT2D eigenvalue weighted by Crippen LogP contribution is -2.41. The van der Waals surface area contributed by atoms with Gasteiger partial charge in [0.1, 0.15) is 0 Å². The third kappa shape index (κ3) is 4.02. The third-order valence-electron chi connectivity index (χ3n) is 4.46. The van der Waals surface area contributed by atoms with Crippen LogP contribution in [0.15, 0.2) is 30.5 Å². The number of carbonyl (C=O) groups is 1. The van der Waals surface area contributed by atoms with Crippen LogP contribution in [0.2, 0.25) is 5.02 Å². The summed E-state index contributed by atoms with van der Waals surface area (Å²) in [5.41, 5.74) is 4.38. The van der Waals surface area contributed by atoms with Gasteiger partial charge in [0.2, 0.25) is 0 Å². The Morgan fingerprint density at radius 1 is 1.19 bits per heavy atom. The number of carbonyl (C=O) groups excluding carboxylic acids is 1. The van der Waals surface area contributed by atoms with Crippen LogP contribution >= 0.6 is 11.6 Å². The van der Waals surface area contributed by atoms with E-state index in [0.29, 0.717) is 22.5 Å². The fraction of sp³-hybridized carbons (Fsp3) is 0.412. The lowest BCUT2D eigenvalue weighted by atomic mass is 9.91. The highest BCUT2D eigenvalue weighted by Crippen LogP contribution is 2.34. The van der Waals surface area contributed by atoms with Crippen LogP contribution in [-0.4, -0.2) is 27.8 Å². The predicted octanol–water partition coefficient (Wildman–Crippen LogP) is 3.54. The highest BCUT2D eigenvalue weighted by atomic mass is 35.5. The quantitative estimate of drug-likeness (QED) is 0.847. The Hall–Kier alpha value is -2.06. The molecule has 0 bridgehead atoms. The summed E-state index contributed by atoms with van der Waals surface area (Å²) in [5.74, 6) is -0.780. The molecule has 1 amide bonds. The van der Waals surface area contributed by atoms with Gasteiger partial charge in [0, 0.05) is 17.1 Å². The van der Waals surface area contributed by atoms with Gasteiger partial charge in [-0.15, -0.1) is 0 Å². The van der Waals surface area contributed by atoms with Gasteiger partial charge in [0.25, 0.3) is 5.91 Å². The number of benzene rings is 1. The molecule has 0 aliphatic heterocycles. The van der Waals surface area contributed by atoms with E-state index in [0.717, 1.165) is 19.0 Å². The second-order valence-corrected chi connectivity index (χ2v) is 6.81. The molecule has 1 fully saturated rings. The highest BCUT2D eigenvalue weighted by Gasteiger charge is 2.41. The minimum Gasteiger partial charge on any atom is -0.349 e. The molecule has 0 spiro atoms. The summed E-state index contributed by atoms with van der Waals surface area (Å²) in [6.07, 6.45) is -1.01. The summed E-state index contributed by atoms with van der Waals surface area (Å²) in [4.78, 5) is 12.4. The number of hydrogen-bond donors (Lipinski definition) is 2. The first-order chi connectivity index (χ1) is 12.3. The predicted molar refractivity (Wildman–Crippen MR) is 91.3 cm³/mol. The van der Waals surface area contributed by atoms with Crippen molar-refractivity contribution >= 4 is 17.5 Å². The van der Waals surface area contributed by atoms with Gasteiger partial charge in [-0.2, -0.15) is 18.3 Å². The molecule has 3 rings (SSSR count). The normalized spacial score (nSPS) is 20.8. The Balaban J connectivity index is 1.89. The third-order valence-corrected chi connectivity index (χ3v) is 4.71. The van der Waals surface area contributed by atoms with Crippen LogP contribution in [0.3, 0.4) is 0 Å². The van der Waals surface area contributed by atoms with Crippen LogP contribution < -0.4 is 11.1 Å². The van der Waals surface area contributed by atoms with Crippen LogP contribution in [0.1, 0.15) is 41.7 Å². The molecule has 140 valence electrons. The lowest BCUT2D eigenvalue weighted by Gasteiger charge is -2.26. The molecule has 0 atom stereocenters. The fourth-order valence-electron chi connectivity index (χ4n) is 3.09. The Bertz CT molecular complexity index is 780. The molecule has 0 saturated heterocycles. The summed E-state index contributed by atoms with van der Waals surface area (Å²) >= 11 is 5.78. The van der Waals surface area contributed by atoms with Crippen LogP contribution in [0.4, 0.5) is 13.2 Å². The summed E-state index contributed by atoms with van der Waals surface area (Å²) < 4.78 is 41.6. The maximum atomic E-state index is 13.6. The topological polar surface area (TPSA) is 72.9 Å². The maximum absolute atomic E-state index is 13.6. The summed E-state index contributed by atoms with van der Waals surface area (Å²) in [6.45, 7) is 0. The van der Waals surface area contributed by atoms with Gasteiger partial charge < -0.3 is 11.1 Å². The van der Waals surface area contributed by atoms with E-state index in [1.54, 1.807) is 0 Å². The van der Waals surface area contributed by atoms with Crippen molar-refractivity contribution in [1.29, 1.82) is 0 Å². The molecule has 2 aromatic rings. The van der Waals surface area contributed by atoms with E-state index < -0.39 is 23.3 Å². The first-order valence-corrected chi connectivity index (χ1v) is 8.61. The molecule has 5 nitrogen and oxygen atoms in total. The van der Waals surface area contributed by atoms with Crippen molar-refractivity contribution in [3.8, 4) is 5.69 Å². The summed E-state index contributed by atoms with van der Waals surface area (Å²) in [7, 11) is 0. The molecule has 26 heavy (non-hydrogen) atoms. The second kappa shape index (κ2) is 7.28. The van der Waals surface area contributed by atoms with E-state index in [2.05, 4.69) is 10.4 Å². The zero-order chi connectivity index (χ0) is 18.9. The van der Waals surface area contributed by atoms with Crippen molar-refractivity contribution in [1.82, 2.24) is 15.1 Å². The lowest BCUT2D eigenvalue weighted by molar-refractivity contribution is -0.143. The SMILES string of the molecule is NC1CCC(NC(=O)c2cnn(-c3ccc(Cl)cc3)c2C(F)(F)F)CC1. The van der Waals surface area contributed by atoms with Gasteiger partial charge in [0.15, 0.2) is 5.69 Å². The Labute approximate surface area is 153 Å². The van der Waals surface area contributed by atoms with Gasteiger partial charge >= 0.3 is 6.18 Å². The smallest absolute Gasteiger partial charge is 0.349 e. The van der Waals surface area contributed by atoms with E-state index in [4.69, 9.17) is 17.3 Å². The first kappa shape index (κ1) is 18.7. The van der Waals surface area contributed by atoms with E-state index in [1.807, 2.05) is 0 Å². The number of alkyl halides is 3. The largest absolute Gasteiger partial charge is 0.434 e.